The quantitative estimate of drug-likeness (QED) is 0.695. The molecule has 0 saturated carbocycles. The number of nitrogens with zero attached hydrogens (tertiary/aromatic N) is 2. The summed E-state index contributed by atoms with van der Waals surface area (Å²) in [5.41, 5.74) is -0.687. The number of hydrogen-bond donors (Lipinski definition) is 1. The van der Waals surface area contributed by atoms with Crippen LogP contribution in [0.25, 0.3) is 0 Å². The standard InChI is InChI=1S/C17H19F2N3O5S2/c1-21(2)29(26,27)13-9-7-12(8-10-13)22(28(3,24)25)11-16(23)20-17-14(18)5-4-6-15(17)19/h4-10H,11H2,1-3H3,(H,20,23). The third-order valence-corrected chi connectivity index (χ3v) is 6.79. The number of carbonyl (C=O) groups excluding carboxylic acids is 1. The van der Waals surface area contributed by atoms with Gasteiger partial charge in [-0.15, -0.1) is 0 Å². The molecular formula is C17H19F2N3O5S2. The third-order valence-electron chi connectivity index (χ3n) is 3.82. The Morgan fingerprint density at radius 2 is 1.48 bits per heavy atom. The van der Waals surface area contributed by atoms with Gasteiger partial charge in [0.25, 0.3) is 0 Å². The Morgan fingerprint density at radius 3 is 1.93 bits per heavy atom. The molecule has 0 aromatic heterocycles. The molecular weight excluding hydrogens is 428 g/mol. The van der Waals surface area contributed by atoms with Crippen LogP contribution >= 0.6 is 0 Å². The van der Waals surface area contributed by atoms with Crippen molar-refractivity contribution in [1.82, 2.24) is 4.31 Å². The Kier molecular flexibility index (Phi) is 6.60. The number of benzene rings is 2. The lowest BCUT2D eigenvalue weighted by atomic mass is 10.3. The normalized spacial score (nSPS) is 12.1. The lowest BCUT2D eigenvalue weighted by Crippen LogP contribution is -2.37. The molecule has 0 aliphatic carbocycles. The highest BCUT2D eigenvalue weighted by Crippen LogP contribution is 2.22. The van der Waals surface area contributed by atoms with Gasteiger partial charge in [0.2, 0.25) is 26.0 Å². The maximum atomic E-state index is 13.7. The summed E-state index contributed by atoms with van der Waals surface area (Å²) >= 11 is 0. The summed E-state index contributed by atoms with van der Waals surface area (Å²) in [5.74, 6) is -3.01. The zero-order valence-corrected chi connectivity index (χ0v) is 17.4. The van der Waals surface area contributed by atoms with Gasteiger partial charge in [-0.1, -0.05) is 6.07 Å². The molecule has 0 bridgehead atoms. The molecule has 0 unspecified atom stereocenters. The van der Waals surface area contributed by atoms with Crippen molar-refractivity contribution in [2.75, 3.05) is 36.5 Å². The minimum absolute atomic E-state index is 0.00867. The number of sulfonamides is 2. The third kappa shape index (κ3) is 5.28. The fourth-order valence-corrected chi connectivity index (χ4v) is 4.08. The van der Waals surface area contributed by atoms with E-state index < -0.39 is 49.8 Å². The molecule has 2 rings (SSSR count). The Balaban J connectivity index is 2.30. The molecule has 0 heterocycles. The molecule has 2 aromatic carbocycles. The minimum Gasteiger partial charge on any atom is -0.320 e. The molecule has 2 aromatic rings. The minimum atomic E-state index is -3.97. The Bertz CT molecular complexity index is 1100. The highest BCUT2D eigenvalue weighted by atomic mass is 32.2. The number of nitrogens with one attached hydrogen (secondary N) is 1. The van der Waals surface area contributed by atoms with Crippen LogP contribution in [0.5, 0.6) is 0 Å². The van der Waals surface area contributed by atoms with Gasteiger partial charge in [0.1, 0.15) is 23.9 Å². The van der Waals surface area contributed by atoms with Crippen LogP contribution < -0.4 is 9.62 Å². The van der Waals surface area contributed by atoms with E-state index in [0.29, 0.717) is 4.31 Å². The van der Waals surface area contributed by atoms with Crippen LogP contribution in [0.4, 0.5) is 20.2 Å². The second-order valence-electron chi connectivity index (χ2n) is 6.20. The molecule has 0 spiro atoms. The Morgan fingerprint density at radius 1 is 0.966 bits per heavy atom. The number of amides is 1. The number of carbonyl (C=O) groups is 1. The van der Waals surface area contributed by atoms with Crippen LogP contribution in [-0.2, 0) is 24.8 Å². The highest BCUT2D eigenvalue weighted by molar-refractivity contribution is 7.92. The average Bonchev–Trinajstić information content (AvgIpc) is 2.62. The van der Waals surface area contributed by atoms with Crippen molar-refractivity contribution in [3.05, 3.63) is 54.1 Å². The molecule has 29 heavy (non-hydrogen) atoms. The van der Waals surface area contributed by atoms with Gasteiger partial charge >= 0.3 is 0 Å². The van der Waals surface area contributed by atoms with Gasteiger partial charge in [-0.2, -0.15) is 0 Å². The topological polar surface area (TPSA) is 104 Å². The van der Waals surface area contributed by atoms with E-state index in [2.05, 4.69) is 0 Å². The van der Waals surface area contributed by atoms with E-state index in [0.717, 1.165) is 28.8 Å². The molecule has 0 aliphatic rings. The summed E-state index contributed by atoms with van der Waals surface area (Å²) in [4.78, 5) is 12.1. The van der Waals surface area contributed by atoms with Crippen molar-refractivity contribution in [2.45, 2.75) is 4.90 Å². The second-order valence-corrected chi connectivity index (χ2v) is 10.3. The second kappa shape index (κ2) is 8.43. The molecule has 0 radical (unpaired) electrons. The van der Waals surface area contributed by atoms with Crippen LogP contribution in [0.2, 0.25) is 0 Å². The van der Waals surface area contributed by atoms with Gasteiger partial charge in [0, 0.05) is 14.1 Å². The first kappa shape index (κ1) is 22.7. The summed E-state index contributed by atoms with van der Waals surface area (Å²) in [6.45, 7) is -0.771. The van der Waals surface area contributed by atoms with Crippen LogP contribution in [0.1, 0.15) is 0 Å². The van der Waals surface area contributed by atoms with Crippen molar-refractivity contribution in [3.63, 3.8) is 0 Å². The van der Waals surface area contributed by atoms with Crippen molar-refractivity contribution in [1.29, 1.82) is 0 Å². The SMILES string of the molecule is CN(C)S(=O)(=O)c1ccc(N(CC(=O)Nc2c(F)cccc2F)S(C)(=O)=O)cc1. The van der Waals surface area contributed by atoms with Crippen LogP contribution in [0.15, 0.2) is 47.4 Å². The van der Waals surface area contributed by atoms with E-state index in [-0.39, 0.29) is 10.6 Å². The largest absolute Gasteiger partial charge is 0.320 e. The molecule has 1 N–H and O–H groups in total. The maximum Gasteiger partial charge on any atom is 0.245 e. The molecule has 0 saturated heterocycles. The molecule has 158 valence electrons. The zero-order chi connectivity index (χ0) is 22.0. The maximum absolute atomic E-state index is 13.7. The van der Waals surface area contributed by atoms with E-state index in [1.807, 2.05) is 5.32 Å². The average molecular weight is 447 g/mol. The van der Waals surface area contributed by atoms with Gasteiger partial charge in [0.05, 0.1) is 16.8 Å². The zero-order valence-electron chi connectivity index (χ0n) is 15.8. The fraction of sp³-hybridized carbons (Fsp3) is 0.235. The number of anilines is 2. The Labute approximate surface area is 167 Å². The molecule has 0 fully saturated rings. The van der Waals surface area contributed by atoms with Gasteiger partial charge in [-0.25, -0.2) is 29.9 Å². The Hall–Kier alpha value is -2.57. The number of para-hydroxylation sites is 1. The predicted molar refractivity (Wildman–Crippen MR) is 104 cm³/mol. The van der Waals surface area contributed by atoms with E-state index in [4.69, 9.17) is 0 Å². The number of halogens is 2. The molecule has 8 nitrogen and oxygen atoms in total. The van der Waals surface area contributed by atoms with Gasteiger partial charge in [-0.05, 0) is 36.4 Å². The summed E-state index contributed by atoms with van der Waals surface area (Å²) < 4.78 is 77.5. The first-order valence-electron chi connectivity index (χ1n) is 8.08. The van der Waals surface area contributed by atoms with Gasteiger partial charge in [-0.3, -0.25) is 9.10 Å². The van der Waals surface area contributed by atoms with Gasteiger partial charge < -0.3 is 5.32 Å². The molecule has 12 heteroatoms. The van der Waals surface area contributed by atoms with Crippen molar-refractivity contribution in [3.8, 4) is 0 Å². The van der Waals surface area contributed by atoms with Crippen LogP contribution in [0, 0.1) is 11.6 Å². The molecule has 1 amide bonds. The summed E-state index contributed by atoms with van der Waals surface area (Å²) in [5, 5.41) is 2.00. The first-order valence-corrected chi connectivity index (χ1v) is 11.4. The van der Waals surface area contributed by atoms with Crippen molar-refractivity contribution in [2.24, 2.45) is 0 Å². The van der Waals surface area contributed by atoms with E-state index >= 15 is 0 Å². The van der Waals surface area contributed by atoms with Crippen molar-refractivity contribution < 1.29 is 30.4 Å². The number of rotatable bonds is 7. The van der Waals surface area contributed by atoms with E-state index in [1.54, 1.807) is 0 Å². The van der Waals surface area contributed by atoms with E-state index in [9.17, 15) is 30.4 Å². The summed E-state index contributed by atoms with van der Waals surface area (Å²) in [6, 6.07) is 7.82. The fourth-order valence-electron chi connectivity index (χ4n) is 2.32. The van der Waals surface area contributed by atoms with Crippen LogP contribution in [0.3, 0.4) is 0 Å². The highest BCUT2D eigenvalue weighted by Gasteiger charge is 2.24. The predicted octanol–water partition coefficient (Wildman–Crippen LogP) is 1.62. The van der Waals surface area contributed by atoms with E-state index in [1.165, 1.54) is 38.4 Å². The summed E-state index contributed by atoms with van der Waals surface area (Å²) in [6.07, 6.45) is 0.842. The molecule has 0 aliphatic heterocycles. The van der Waals surface area contributed by atoms with Crippen LogP contribution in [-0.4, -0.2) is 53.9 Å². The number of hydrogen-bond acceptors (Lipinski definition) is 5. The van der Waals surface area contributed by atoms with Crippen molar-refractivity contribution >= 4 is 37.3 Å². The monoisotopic (exact) mass is 447 g/mol. The first-order chi connectivity index (χ1) is 13.3. The van der Waals surface area contributed by atoms with Gasteiger partial charge in [0.15, 0.2) is 0 Å². The lowest BCUT2D eigenvalue weighted by molar-refractivity contribution is -0.114. The summed E-state index contributed by atoms with van der Waals surface area (Å²) in [7, 11) is -5.00. The molecule has 0 atom stereocenters. The smallest absolute Gasteiger partial charge is 0.245 e. The lowest BCUT2D eigenvalue weighted by Gasteiger charge is -2.22.